The quantitative estimate of drug-likeness (QED) is 0.623. The van der Waals surface area contributed by atoms with E-state index in [0.717, 1.165) is 11.3 Å². The van der Waals surface area contributed by atoms with E-state index in [4.69, 9.17) is 5.73 Å². The van der Waals surface area contributed by atoms with E-state index in [1.807, 2.05) is 24.3 Å². The molecule has 1 rings (SSSR count). The van der Waals surface area contributed by atoms with Gasteiger partial charge >= 0.3 is 0 Å². The molecule has 0 aliphatic carbocycles. The summed E-state index contributed by atoms with van der Waals surface area (Å²) in [6.07, 6.45) is 0.648. The van der Waals surface area contributed by atoms with Crippen LogP contribution in [0.5, 0.6) is 0 Å². The largest absolute Gasteiger partial charge is 0.329 e. The molecule has 0 aromatic heterocycles. The minimum absolute atomic E-state index is 0.494. The summed E-state index contributed by atoms with van der Waals surface area (Å²) in [5.74, 6) is 0. The maximum atomic E-state index is 10.0. The Bertz CT molecular complexity index is 248. The van der Waals surface area contributed by atoms with Crippen molar-refractivity contribution in [3.8, 4) is 0 Å². The summed E-state index contributed by atoms with van der Waals surface area (Å²) >= 11 is 0. The van der Waals surface area contributed by atoms with E-state index in [2.05, 4.69) is 5.32 Å². The Hall–Kier alpha value is -1.35. The van der Waals surface area contributed by atoms with E-state index in [9.17, 15) is 4.79 Å². The third kappa shape index (κ3) is 2.05. The highest BCUT2D eigenvalue weighted by Gasteiger charge is 1.90. The molecule has 1 aromatic carbocycles. The lowest BCUT2D eigenvalue weighted by Crippen LogP contribution is -1.98. The van der Waals surface area contributed by atoms with Crippen LogP contribution < -0.4 is 11.1 Å². The second-order valence-corrected chi connectivity index (χ2v) is 2.17. The van der Waals surface area contributed by atoms with Crippen LogP contribution in [0.15, 0.2) is 24.3 Å². The highest BCUT2D eigenvalue weighted by molar-refractivity contribution is 5.71. The summed E-state index contributed by atoms with van der Waals surface area (Å²) in [4.78, 5) is 10.0. The average Bonchev–Trinajstić information content (AvgIpc) is 2.06. The third-order valence-corrected chi connectivity index (χ3v) is 1.39. The number of nitrogens with two attached hydrogens (primary N) is 1. The van der Waals surface area contributed by atoms with Gasteiger partial charge in [-0.1, -0.05) is 12.1 Å². The second-order valence-electron chi connectivity index (χ2n) is 2.17. The summed E-state index contributed by atoms with van der Waals surface area (Å²) in [6.45, 7) is 0.494. The normalized spacial score (nSPS) is 9.18. The van der Waals surface area contributed by atoms with Crippen LogP contribution in [0.2, 0.25) is 0 Å². The smallest absolute Gasteiger partial charge is 0.211 e. The van der Waals surface area contributed by atoms with Crippen molar-refractivity contribution in [1.29, 1.82) is 0 Å². The second kappa shape index (κ2) is 3.73. The third-order valence-electron chi connectivity index (χ3n) is 1.39. The monoisotopic (exact) mass is 150 g/mol. The minimum Gasteiger partial charge on any atom is -0.329 e. The fraction of sp³-hybridized carbons (Fsp3) is 0.125. The summed E-state index contributed by atoms with van der Waals surface area (Å²) in [5.41, 5.74) is 7.19. The van der Waals surface area contributed by atoms with Gasteiger partial charge in [-0.15, -0.1) is 0 Å². The number of hydrogen-bond donors (Lipinski definition) is 2. The van der Waals surface area contributed by atoms with Crippen LogP contribution in [0.4, 0.5) is 5.69 Å². The minimum atomic E-state index is 0.494. The van der Waals surface area contributed by atoms with Crippen molar-refractivity contribution in [2.75, 3.05) is 5.32 Å². The maximum absolute atomic E-state index is 10.0. The van der Waals surface area contributed by atoms with E-state index in [0.29, 0.717) is 13.0 Å². The number of rotatable bonds is 3. The lowest BCUT2D eigenvalue weighted by atomic mass is 10.2. The van der Waals surface area contributed by atoms with E-state index in [1.165, 1.54) is 0 Å². The Kier molecular flexibility index (Phi) is 2.63. The zero-order valence-corrected chi connectivity index (χ0v) is 6.08. The van der Waals surface area contributed by atoms with Gasteiger partial charge in [-0.25, -0.2) is 0 Å². The van der Waals surface area contributed by atoms with E-state index >= 15 is 0 Å². The first-order chi connectivity index (χ1) is 5.36. The van der Waals surface area contributed by atoms with E-state index in [1.54, 1.807) is 0 Å². The Labute approximate surface area is 65.2 Å². The molecular formula is C8H10N2O. The number of carbonyl (C=O) groups excluding carboxylic acids is 1. The Morgan fingerprint density at radius 1 is 1.55 bits per heavy atom. The van der Waals surface area contributed by atoms with Crippen LogP contribution in [-0.4, -0.2) is 6.41 Å². The van der Waals surface area contributed by atoms with Crippen LogP contribution in [0.1, 0.15) is 5.56 Å². The van der Waals surface area contributed by atoms with Gasteiger partial charge in [0.2, 0.25) is 6.41 Å². The van der Waals surface area contributed by atoms with Gasteiger partial charge in [-0.05, 0) is 17.7 Å². The molecule has 3 nitrogen and oxygen atoms in total. The molecule has 0 aliphatic rings. The number of amides is 1. The lowest BCUT2D eigenvalue weighted by Gasteiger charge is -2.00. The molecule has 0 fully saturated rings. The summed E-state index contributed by atoms with van der Waals surface area (Å²) in [5, 5.41) is 2.55. The maximum Gasteiger partial charge on any atom is 0.211 e. The number of anilines is 1. The molecule has 0 bridgehead atoms. The molecule has 1 amide bonds. The fourth-order valence-electron chi connectivity index (χ4n) is 0.856. The molecule has 11 heavy (non-hydrogen) atoms. The molecule has 0 aliphatic heterocycles. The van der Waals surface area contributed by atoms with Crippen LogP contribution in [0.25, 0.3) is 0 Å². The van der Waals surface area contributed by atoms with Crippen molar-refractivity contribution in [3.63, 3.8) is 0 Å². The van der Waals surface area contributed by atoms with Crippen molar-refractivity contribution in [2.45, 2.75) is 6.54 Å². The molecule has 0 heterocycles. The van der Waals surface area contributed by atoms with Crippen molar-refractivity contribution in [3.05, 3.63) is 29.8 Å². The molecule has 0 saturated carbocycles. The first kappa shape index (κ1) is 7.75. The van der Waals surface area contributed by atoms with Gasteiger partial charge in [0, 0.05) is 12.2 Å². The van der Waals surface area contributed by atoms with Gasteiger partial charge in [-0.2, -0.15) is 0 Å². The molecule has 3 N–H and O–H groups in total. The molecule has 0 spiro atoms. The van der Waals surface area contributed by atoms with Crippen molar-refractivity contribution in [1.82, 2.24) is 0 Å². The molecule has 3 heteroatoms. The Morgan fingerprint density at radius 3 is 3.00 bits per heavy atom. The van der Waals surface area contributed by atoms with Gasteiger partial charge in [0.25, 0.3) is 0 Å². The number of benzene rings is 1. The average molecular weight is 150 g/mol. The predicted molar refractivity (Wildman–Crippen MR) is 44.0 cm³/mol. The first-order valence-electron chi connectivity index (χ1n) is 3.36. The Balaban J connectivity index is 2.82. The molecule has 1 aromatic rings. The number of hydrogen-bond acceptors (Lipinski definition) is 2. The summed E-state index contributed by atoms with van der Waals surface area (Å²) in [7, 11) is 0. The zero-order chi connectivity index (χ0) is 8.10. The van der Waals surface area contributed by atoms with Crippen LogP contribution >= 0.6 is 0 Å². The standard InChI is InChI=1S/C8H10N2O/c9-5-7-2-1-3-8(4-7)10-6-11/h1-4,6H,5,9H2,(H,10,11). The van der Waals surface area contributed by atoms with E-state index < -0.39 is 0 Å². The van der Waals surface area contributed by atoms with Crippen molar-refractivity contribution < 1.29 is 4.79 Å². The molecule has 0 atom stereocenters. The van der Waals surface area contributed by atoms with Crippen LogP contribution in [-0.2, 0) is 11.3 Å². The molecule has 0 unspecified atom stereocenters. The highest BCUT2D eigenvalue weighted by Crippen LogP contribution is 2.08. The Morgan fingerprint density at radius 2 is 2.36 bits per heavy atom. The molecular weight excluding hydrogens is 140 g/mol. The van der Waals surface area contributed by atoms with Crippen molar-refractivity contribution in [2.24, 2.45) is 5.73 Å². The number of carbonyl (C=O) groups is 1. The molecule has 0 saturated heterocycles. The van der Waals surface area contributed by atoms with Gasteiger partial charge in [-0.3, -0.25) is 4.79 Å². The highest BCUT2D eigenvalue weighted by atomic mass is 16.1. The fourth-order valence-corrected chi connectivity index (χ4v) is 0.856. The van der Waals surface area contributed by atoms with Gasteiger partial charge in [0.1, 0.15) is 0 Å². The van der Waals surface area contributed by atoms with Crippen LogP contribution in [0, 0.1) is 0 Å². The molecule has 58 valence electrons. The molecule has 0 radical (unpaired) electrons. The summed E-state index contributed by atoms with van der Waals surface area (Å²) < 4.78 is 0. The first-order valence-corrected chi connectivity index (χ1v) is 3.36. The van der Waals surface area contributed by atoms with E-state index in [-0.39, 0.29) is 0 Å². The topological polar surface area (TPSA) is 55.1 Å². The lowest BCUT2D eigenvalue weighted by molar-refractivity contribution is -0.105. The zero-order valence-electron chi connectivity index (χ0n) is 6.08. The van der Waals surface area contributed by atoms with Crippen molar-refractivity contribution >= 4 is 12.1 Å². The van der Waals surface area contributed by atoms with Gasteiger partial charge in [0.15, 0.2) is 0 Å². The number of nitrogens with one attached hydrogen (secondary N) is 1. The predicted octanol–water partition coefficient (Wildman–Crippen LogP) is 0.714. The van der Waals surface area contributed by atoms with Crippen LogP contribution in [0.3, 0.4) is 0 Å². The summed E-state index contributed by atoms with van der Waals surface area (Å²) in [6, 6.07) is 7.42. The van der Waals surface area contributed by atoms with Gasteiger partial charge < -0.3 is 11.1 Å². The SMILES string of the molecule is NCc1cccc(NC=O)c1. The van der Waals surface area contributed by atoms with Gasteiger partial charge in [0.05, 0.1) is 0 Å².